The fourth-order valence-electron chi connectivity index (χ4n) is 7.20. The molecule has 1 radical (unpaired) electrons. The van der Waals surface area contributed by atoms with Gasteiger partial charge in [0, 0.05) is 43.8 Å². The van der Waals surface area contributed by atoms with Gasteiger partial charge in [-0.3, -0.25) is 4.98 Å². The first kappa shape index (κ1) is 37.9. The number of fused-ring (bicyclic) bond motifs is 3. The van der Waals surface area contributed by atoms with Crippen LogP contribution in [-0.2, 0) is 26.5 Å². The number of imidazole rings is 1. The maximum atomic E-state index is 5.94. The van der Waals surface area contributed by atoms with Crippen LogP contribution >= 0.6 is 0 Å². The van der Waals surface area contributed by atoms with Crippen LogP contribution in [0.2, 0.25) is 19.6 Å². The van der Waals surface area contributed by atoms with Crippen molar-refractivity contribution in [2.75, 3.05) is 0 Å². The zero-order chi connectivity index (χ0) is 37.2. The van der Waals surface area contributed by atoms with Crippen molar-refractivity contribution in [3.63, 3.8) is 0 Å². The van der Waals surface area contributed by atoms with Crippen LogP contribution in [0.4, 0.5) is 0 Å². The predicted molar refractivity (Wildman–Crippen MR) is 228 cm³/mol. The van der Waals surface area contributed by atoms with Gasteiger partial charge in [0.1, 0.15) is 0 Å². The van der Waals surface area contributed by atoms with Crippen molar-refractivity contribution in [2.45, 2.75) is 39.9 Å². The van der Waals surface area contributed by atoms with Gasteiger partial charge in [-0.15, -0.1) is 42.0 Å². The monoisotopic (exact) mass is 910 g/mol. The Morgan fingerprint density at radius 3 is 2.24 bits per heavy atom. The smallest absolute Gasteiger partial charge is 0.0798 e. The summed E-state index contributed by atoms with van der Waals surface area (Å²) in [6.45, 7) is 11.7. The van der Waals surface area contributed by atoms with E-state index in [0.717, 1.165) is 67.9 Å². The normalized spacial score (nSPS) is 11.5. The van der Waals surface area contributed by atoms with Gasteiger partial charge in [0.2, 0.25) is 0 Å². The zero-order valence-corrected chi connectivity index (χ0v) is 35.2. The zero-order valence-electron chi connectivity index (χ0n) is 31.8. The van der Waals surface area contributed by atoms with Gasteiger partial charge in [-0.25, -0.2) is 0 Å². The van der Waals surface area contributed by atoms with Crippen molar-refractivity contribution in [1.82, 2.24) is 14.5 Å². The minimum Gasteiger partial charge on any atom is -0.557 e. The van der Waals surface area contributed by atoms with Crippen LogP contribution in [0.25, 0.3) is 72.2 Å². The van der Waals surface area contributed by atoms with Gasteiger partial charge in [0.05, 0.1) is 24.9 Å². The number of hydrogen-bond donors (Lipinski definition) is 0. The number of hydrogen-bond acceptors (Lipinski definition) is 3. The molecule has 0 fully saturated rings. The van der Waals surface area contributed by atoms with Crippen molar-refractivity contribution >= 4 is 46.0 Å². The molecule has 0 aliphatic heterocycles. The molecule has 0 spiro atoms. The van der Waals surface area contributed by atoms with Crippen molar-refractivity contribution in [1.29, 1.82) is 0 Å². The maximum absolute atomic E-state index is 5.94. The minimum absolute atomic E-state index is 0. The number of aromatic nitrogens is 3. The Morgan fingerprint density at radius 2 is 1.47 bits per heavy atom. The number of benzene rings is 6. The first-order valence-corrected chi connectivity index (χ1v) is 22.2. The van der Waals surface area contributed by atoms with E-state index in [1.54, 1.807) is 0 Å². The molecule has 55 heavy (non-hydrogen) atoms. The predicted octanol–water partition coefficient (Wildman–Crippen LogP) is 12.3. The van der Waals surface area contributed by atoms with Crippen molar-refractivity contribution < 1.29 is 24.5 Å². The fourth-order valence-corrected chi connectivity index (χ4v) is 8.79. The molecular weight excluding hydrogens is 867 g/mol. The number of nitrogens with zero attached hydrogens (tertiary/aromatic N) is 3. The number of para-hydroxylation sites is 2. The largest absolute Gasteiger partial charge is 0.557 e. The summed E-state index contributed by atoms with van der Waals surface area (Å²) in [5.74, 6) is 1.49. The summed E-state index contributed by atoms with van der Waals surface area (Å²) >= 11 is 0. The maximum Gasteiger partial charge on any atom is 0.0798 e. The SMILES string of the molecule is CC(C)Cc1cc(-c2[c-]cccc2)ncc1[Si](C)(C)C.[Ir].[c-]1oc2cc(-c3ccccc3)ccc2c1-c1nc2ccccc2n1-c1ccc2ccccc2c1. The molecule has 0 atom stereocenters. The second-order valence-electron chi connectivity index (χ2n) is 15.3. The summed E-state index contributed by atoms with van der Waals surface area (Å²) < 4.78 is 8.15. The van der Waals surface area contributed by atoms with E-state index in [2.05, 4.69) is 159 Å². The molecule has 0 amide bonds. The van der Waals surface area contributed by atoms with Gasteiger partial charge >= 0.3 is 0 Å². The second-order valence-corrected chi connectivity index (χ2v) is 20.3. The van der Waals surface area contributed by atoms with E-state index < -0.39 is 8.07 Å². The quantitative estimate of drug-likeness (QED) is 0.118. The van der Waals surface area contributed by atoms with Gasteiger partial charge in [0.15, 0.2) is 0 Å². The minimum atomic E-state index is -1.34. The summed E-state index contributed by atoms with van der Waals surface area (Å²) in [4.78, 5) is 9.70. The first-order chi connectivity index (χ1) is 26.2. The van der Waals surface area contributed by atoms with Crippen molar-refractivity contribution in [3.05, 3.63) is 170 Å². The van der Waals surface area contributed by atoms with Crippen LogP contribution in [0.15, 0.2) is 156 Å². The summed E-state index contributed by atoms with van der Waals surface area (Å²) in [7, 11) is -1.34. The van der Waals surface area contributed by atoms with Gasteiger partial charge in [0.25, 0.3) is 0 Å². The van der Waals surface area contributed by atoms with Gasteiger partial charge in [-0.05, 0) is 69.4 Å². The molecule has 6 aromatic carbocycles. The Labute approximate surface area is 338 Å². The van der Waals surface area contributed by atoms with Gasteiger partial charge in [-0.1, -0.05) is 141 Å². The number of pyridine rings is 1. The van der Waals surface area contributed by atoms with Crippen LogP contribution in [0.1, 0.15) is 19.4 Å². The van der Waals surface area contributed by atoms with Crippen molar-refractivity contribution in [3.8, 4) is 39.5 Å². The Hall–Kier alpha value is -5.39. The Morgan fingerprint density at radius 1 is 0.727 bits per heavy atom. The van der Waals surface area contributed by atoms with Crippen molar-refractivity contribution in [2.24, 2.45) is 5.92 Å². The molecule has 0 saturated heterocycles. The van der Waals surface area contributed by atoms with Crippen LogP contribution in [-0.4, -0.2) is 22.6 Å². The Balaban J connectivity index is 0.000000191. The van der Waals surface area contributed by atoms with Gasteiger partial charge in [-0.2, -0.15) is 0 Å². The first-order valence-electron chi connectivity index (χ1n) is 18.7. The molecule has 4 nitrogen and oxygen atoms in total. The summed E-state index contributed by atoms with van der Waals surface area (Å²) in [6, 6.07) is 53.4. The topological polar surface area (TPSA) is 43.9 Å². The van der Waals surface area contributed by atoms with E-state index in [0.29, 0.717) is 5.92 Å². The Bertz CT molecular complexity index is 2710. The van der Waals surface area contributed by atoms with E-state index in [1.807, 2.05) is 48.5 Å². The third-order valence-electron chi connectivity index (χ3n) is 9.81. The van der Waals surface area contributed by atoms with E-state index >= 15 is 0 Å². The van der Waals surface area contributed by atoms with E-state index in [9.17, 15) is 0 Å². The van der Waals surface area contributed by atoms with Gasteiger partial charge < -0.3 is 14.0 Å². The molecule has 0 N–H and O–H groups in total. The summed E-state index contributed by atoms with van der Waals surface area (Å²) in [5.41, 5.74) is 10.6. The molecule has 9 rings (SSSR count). The average molecular weight is 910 g/mol. The average Bonchev–Trinajstić information content (AvgIpc) is 3.79. The molecule has 0 aliphatic rings. The molecule has 9 aromatic rings. The molecule has 3 aromatic heterocycles. The van der Waals surface area contributed by atoms with E-state index in [1.165, 1.54) is 21.5 Å². The molecule has 0 aliphatic carbocycles. The summed E-state index contributed by atoms with van der Waals surface area (Å²) in [5, 5.41) is 4.89. The summed E-state index contributed by atoms with van der Waals surface area (Å²) in [6.07, 6.45) is 6.40. The Kier molecular flexibility index (Phi) is 11.1. The van der Waals surface area contributed by atoms with Crippen LogP contribution in [0.3, 0.4) is 0 Å². The van der Waals surface area contributed by atoms with Crippen LogP contribution in [0.5, 0.6) is 0 Å². The van der Waals surface area contributed by atoms with E-state index in [-0.39, 0.29) is 20.1 Å². The third kappa shape index (κ3) is 8.04. The molecule has 6 heteroatoms. The second kappa shape index (κ2) is 16.1. The molecule has 0 unspecified atom stereocenters. The number of rotatable bonds is 7. The van der Waals surface area contributed by atoms with Crippen LogP contribution < -0.4 is 5.19 Å². The third-order valence-corrected chi connectivity index (χ3v) is 11.9. The molecule has 0 bridgehead atoms. The standard InChI is InChI=1S/C31H19N2O.C18H24NSi.Ir/c1-2-8-21(9-3-1)24-15-17-26-27(20-34-30(26)19-24)31-32-28-12-6-7-13-29(28)33(31)25-16-14-22-10-4-5-11-23(22)18-25;1-14(2)11-16-12-17(15-9-7-6-8-10-15)19-13-18(16)20(3,4)5;/h1-19H;6-9,12-14H,11H2,1-5H3;/q2*-1;. The fraction of sp³-hybridized carbons (Fsp3) is 0.143. The molecular formula is C49H43IrN3OSi-2. The van der Waals surface area contributed by atoms with Crippen LogP contribution in [0, 0.1) is 18.2 Å². The van der Waals surface area contributed by atoms with E-state index in [4.69, 9.17) is 9.40 Å². The molecule has 0 saturated carbocycles. The molecule has 3 heterocycles. The number of furan rings is 1. The molecule has 275 valence electrons.